The summed E-state index contributed by atoms with van der Waals surface area (Å²) in [5, 5.41) is 0. The van der Waals surface area contributed by atoms with Crippen LogP contribution in [0.4, 0.5) is 13.2 Å². The maximum Gasteiger partial charge on any atom is 0.166 e. The summed E-state index contributed by atoms with van der Waals surface area (Å²) in [5.41, 5.74) is 1.41. The largest absolute Gasteiger partial charge is 0.378 e. The third-order valence-electron chi connectivity index (χ3n) is 5.42. The summed E-state index contributed by atoms with van der Waals surface area (Å²) < 4.78 is 49.5. The molecular formula is C23H27F3O. The number of hydrogen-bond donors (Lipinski definition) is 0. The van der Waals surface area contributed by atoms with Gasteiger partial charge < -0.3 is 4.74 Å². The molecule has 0 radical (unpaired) electrons. The Bertz CT molecular complexity index is 779. The molecule has 1 aliphatic heterocycles. The van der Waals surface area contributed by atoms with Gasteiger partial charge in [0.25, 0.3) is 0 Å². The summed E-state index contributed by atoms with van der Waals surface area (Å²) in [7, 11) is 0. The van der Waals surface area contributed by atoms with Gasteiger partial charge in [0.05, 0.1) is 12.7 Å². The number of rotatable bonds is 6. The molecule has 146 valence electrons. The number of ether oxygens (including phenoxy) is 1. The summed E-state index contributed by atoms with van der Waals surface area (Å²) in [6, 6.07) is 7.79. The number of hydrogen-bond acceptors (Lipinski definition) is 1. The van der Waals surface area contributed by atoms with E-state index in [2.05, 4.69) is 6.92 Å². The minimum Gasteiger partial charge on any atom is -0.378 e. The van der Waals surface area contributed by atoms with Crippen molar-refractivity contribution < 1.29 is 17.9 Å². The molecule has 2 atom stereocenters. The van der Waals surface area contributed by atoms with Gasteiger partial charge in [0, 0.05) is 11.5 Å². The van der Waals surface area contributed by atoms with E-state index in [9.17, 15) is 13.2 Å². The van der Waals surface area contributed by atoms with Crippen molar-refractivity contribution in [3.63, 3.8) is 0 Å². The second-order valence-electron chi connectivity index (χ2n) is 7.40. The molecule has 3 rings (SSSR count). The van der Waals surface area contributed by atoms with Gasteiger partial charge in [0.2, 0.25) is 0 Å². The summed E-state index contributed by atoms with van der Waals surface area (Å²) in [6.45, 7) is 4.50. The fourth-order valence-corrected chi connectivity index (χ4v) is 3.89. The normalized spacial score (nSPS) is 20.0. The van der Waals surface area contributed by atoms with Crippen molar-refractivity contribution in [2.24, 2.45) is 0 Å². The van der Waals surface area contributed by atoms with E-state index in [1.54, 1.807) is 24.3 Å². The second-order valence-corrected chi connectivity index (χ2v) is 7.40. The van der Waals surface area contributed by atoms with E-state index >= 15 is 0 Å². The Morgan fingerprint density at radius 2 is 1.78 bits per heavy atom. The standard InChI is InChI=1S/C23H27F3O/c1-3-5-15-7-8-16(13-21(15)24)19-11-12-20(23(26)22(19)25)17-9-10-18(6-4-2)27-14-17/h7-8,11-13,17-18H,3-6,9-10,14H2,1-2H3. The molecule has 2 aromatic carbocycles. The SMILES string of the molecule is CCCc1ccc(-c2ccc(C3CCC(CCC)OC3)c(F)c2F)cc1F. The quantitative estimate of drug-likeness (QED) is 0.539. The minimum absolute atomic E-state index is 0.0961. The van der Waals surface area contributed by atoms with Gasteiger partial charge in [-0.25, -0.2) is 13.2 Å². The van der Waals surface area contributed by atoms with Crippen LogP contribution in [0.1, 0.15) is 63.0 Å². The van der Waals surface area contributed by atoms with Gasteiger partial charge in [-0.15, -0.1) is 0 Å². The first-order chi connectivity index (χ1) is 13.0. The van der Waals surface area contributed by atoms with Crippen molar-refractivity contribution in [2.45, 2.75) is 64.4 Å². The highest BCUT2D eigenvalue weighted by atomic mass is 19.2. The first kappa shape index (κ1) is 19.9. The molecule has 0 N–H and O–H groups in total. The van der Waals surface area contributed by atoms with Crippen molar-refractivity contribution in [3.05, 3.63) is 58.9 Å². The average Bonchev–Trinajstić information content (AvgIpc) is 2.67. The smallest absolute Gasteiger partial charge is 0.166 e. The molecular weight excluding hydrogens is 349 g/mol. The number of aryl methyl sites for hydroxylation is 1. The van der Waals surface area contributed by atoms with Crippen LogP contribution in [0.3, 0.4) is 0 Å². The molecule has 1 nitrogen and oxygen atoms in total. The fraction of sp³-hybridized carbons (Fsp3) is 0.478. The third kappa shape index (κ3) is 4.37. The third-order valence-corrected chi connectivity index (χ3v) is 5.42. The maximum atomic E-state index is 14.8. The van der Waals surface area contributed by atoms with E-state index in [1.165, 1.54) is 6.07 Å². The Balaban J connectivity index is 1.82. The molecule has 0 bridgehead atoms. The molecule has 27 heavy (non-hydrogen) atoms. The second kappa shape index (κ2) is 8.92. The van der Waals surface area contributed by atoms with Crippen molar-refractivity contribution in [1.82, 2.24) is 0 Å². The summed E-state index contributed by atoms with van der Waals surface area (Å²) >= 11 is 0. The van der Waals surface area contributed by atoms with Crippen LogP contribution in [0, 0.1) is 17.5 Å². The molecule has 1 heterocycles. The highest BCUT2D eigenvalue weighted by Gasteiger charge is 2.26. The lowest BCUT2D eigenvalue weighted by molar-refractivity contribution is -0.00181. The summed E-state index contributed by atoms with van der Waals surface area (Å²) in [5.74, 6) is -2.26. The van der Waals surface area contributed by atoms with Crippen LogP contribution in [0.2, 0.25) is 0 Å². The van der Waals surface area contributed by atoms with Gasteiger partial charge in [-0.05, 0) is 48.4 Å². The van der Waals surface area contributed by atoms with Gasteiger partial charge in [-0.3, -0.25) is 0 Å². The zero-order valence-electron chi connectivity index (χ0n) is 16.0. The van der Waals surface area contributed by atoms with Crippen molar-refractivity contribution in [1.29, 1.82) is 0 Å². The van der Waals surface area contributed by atoms with Crippen LogP contribution in [-0.2, 0) is 11.2 Å². The van der Waals surface area contributed by atoms with Crippen LogP contribution in [-0.4, -0.2) is 12.7 Å². The van der Waals surface area contributed by atoms with Gasteiger partial charge >= 0.3 is 0 Å². The van der Waals surface area contributed by atoms with E-state index in [1.807, 2.05) is 6.92 Å². The fourth-order valence-electron chi connectivity index (χ4n) is 3.89. The molecule has 0 spiro atoms. The highest BCUT2D eigenvalue weighted by Crippen LogP contribution is 2.35. The van der Waals surface area contributed by atoms with Gasteiger partial charge in [0.15, 0.2) is 11.6 Å². The molecule has 2 unspecified atom stereocenters. The Morgan fingerprint density at radius 3 is 2.41 bits per heavy atom. The van der Waals surface area contributed by atoms with Crippen molar-refractivity contribution in [2.75, 3.05) is 6.61 Å². The molecule has 1 aliphatic rings. The zero-order valence-corrected chi connectivity index (χ0v) is 16.0. The summed E-state index contributed by atoms with van der Waals surface area (Å²) in [4.78, 5) is 0. The zero-order chi connectivity index (χ0) is 19.4. The first-order valence-electron chi connectivity index (χ1n) is 9.93. The van der Waals surface area contributed by atoms with E-state index in [4.69, 9.17) is 4.74 Å². The Morgan fingerprint density at radius 1 is 0.963 bits per heavy atom. The topological polar surface area (TPSA) is 9.23 Å². The van der Waals surface area contributed by atoms with Crippen LogP contribution >= 0.6 is 0 Å². The molecule has 1 saturated heterocycles. The molecule has 0 aliphatic carbocycles. The predicted molar refractivity (Wildman–Crippen MR) is 102 cm³/mol. The van der Waals surface area contributed by atoms with Crippen LogP contribution in [0.15, 0.2) is 30.3 Å². The molecule has 4 heteroatoms. The summed E-state index contributed by atoms with van der Waals surface area (Å²) in [6.07, 6.45) is 5.40. The number of benzene rings is 2. The van der Waals surface area contributed by atoms with Crippen LogP contribution in [0.5, 0.6) is 0 Å². The first-order valence-corrected chi connectivity index (χ1v) is 9.93. The van der Waals surface area contributed by atoms with Crippen molar-refractivity contribution in [3.8, 4) is 11.1 Å². The lowest BCUT2D eigenvalue weighted by atomic mass is 9.88. The molecule has 0 aromatic heterocycles. The van der Waals surface area contributed by atoms with Crippen LogP contribution in [0.25, 0.3) is 11.1 Å². The Hall–Kier alpha value is -1.81. The Kier molecular flexibility index (Phi) is 6.59. The predicted octanol–water partition coefficient (Wildman–Crippen LogP) is 6.79. The van der Waals surface area contributed by atoms with Gasteiger partial charge in [0.1, 0.15) is 5.82 Å². The van der Waals surface area contributed by atoms with Gasteiger partial charge in [-0.1, -0.05) is 51.0 Å². The van der Waals surface area contributed by atoms with E-state index in [0.29, 0.717) is 29.7 Å². The van der Waals surface area contributed by atoms with E-state index in [-0.39, 0.29) is 23.4 Å². The monoisotopic (exact) mass is 376 g/mol. The van der Waals surface area contributed by atoms with Crippen LogP contribution < -0.4 is 0 Å². The van der Waals surface area contributed by atoms with E-state index in [0.717, 1.165) is 32.1 Å². The molecule has 2 aromatic rings. The lowest BCUT2D eigenvalue weighted by Crippen LogP contribution is -2.25. The average molecular weight is 376 g/mol. The highest BCUT2D eigenvalue weighted by molar-refractivity contribution is 5.65. The minimum atomic E-state index is -0.911. The maximum absolute atomic E-state index is 14.8. The lowest BCUT2D eigenvalue weighted by Gasteiger charge is -2.29. The molecule has 0 saturated carbocycles. The van der Waals surface area contributed by atoms with Crippen molar-refractivity contribution >= 4 is 0 Å². The molecule has 1 fully saturated rings. The van der Waals surface area contributed by atoms with Gasteiger partial charge in [-0.2, -0.15) is 0 Å². The van der Waals surface area contributed by atoms with E-state index < -0.39 is 11.6 Å². The molecule has 0 amide bonds. The number of halogens is 3. The Labute approximate surface area is 159 Å².